The number of aromatic nitrogens is 2. The molecule has 1 saturated carbocycles. The Balaban J connectivity index is 1.87. The number of halogens is 2. The van der Waals surface area contributed by atoms with Crippen molar-refractivity contribution in [3.8, 4) is 0 Å². The average Bonchev–Trinajstić information content (AvgIpc) is 2.85. The van der Waals surface area contributed by atoms with Gasteiger partial charge >= 0.3 is 0 Å². The van der Waals surface area contributed by atoms with E-state index in [0.29, 0.717) is 24.1 Å². The van der Waals surface area contributed by atoms with Gasteiger partial charge in [-0.25, -0.2) is 4.98 Å². The fourth-order valence-electron chi connectivity index (χ4n) is 2.45. The molecule has 2 heterocycles. The summed E-state index contributed by atoms with van der Waals surface area (Å²) in [7, 11) is 0. The zero-order valence-electron chi connectivity index (χ0n) is 10.3. The first-order valence-electron chi connectivity index (χ1n) is 6.31. The van der Waals surface area contributed by atoms with E-state index in [2.05, 4.69) is 4.98 Å². The topological polar surface area (TPSA) is 48.0 Å². The molecule has 0 aliphatic heterocycles. The van der Waals surface area contributed by atoms with E-state index in [-0.39, 0.29) is 17.1 Å². The molecule has 0 amide bonds. The fraction of sp³-hybridized carbons (Fsp3) is 0.286. The number of alkyl halides is 2. The van der Waals surface area contributed by atoms with Gasteiger partial charge in [-0.05, 0) is 18.6 Å². The van der Waals surface area contributed by atoms with Crippen LogP contribution in [0.1, 0.15) is 6.42 Å². The molecule has 1 aliphatic rings. The molecule has 0 bridgehead atoms. The second-order valence-corrected chi connectivity index (χ2v) is 6.68. The van der Waals surface area contributed by atoms with Crippen molar-refractivity contribution in [3.05, 3.63) is 40.9 Å². The van der Waals surface area contributed by atoms with Crippen LogP contribution in [0.3, 0.4) is 0 Å². The molecule has 0 unspecified atom stereocenters. The molecule has 0 spiro atoms. The molecule has 4 nitrogen and oxygen atoms in total. The van der Waals surface area contributed by atoms with Crippen LogP contribution in [0.4, 0.5) is 0 Å². The summed E-state index contributed by atoms with van der Waals surface area (Å²) >= 11 is 12.0. The lowest BCUT2D eigenvalue weighted by Crippen LogP contribution is -2.21. The molecule has 3 aromatic rings. The Kier molecular flexibility index (Phi) is 2.44. The summed E-state index contributed by atoms with van der Waals surface area (Å²) in [6.07, 6.45) is 2.23. The van der Waals surface area contributed by atoms with E-state index >= 15 is 0 Å². The third-order valence-corrected chi connectivity index (χ3v) is 4.65. The lowest BCUT2D eigenvalue weighted by molar-refractivity contribution is 0.580. The lowest BCUT2D eigenvalue weighted by Gasteiger charge is -2.04. The molecule has 1 aromatic carbocycles. The summed E-state index contributed by atoms with van der Waals surface area (Å²) in [5, 5.41) is 0.849. The van der Waals surface area contributed by atoms with Crippen LogP contribution in [0.15, 0.2) is 39.8 Å². The van der Waals surface area contributed by atoms with Crippen molar-refractivity contribution in [2.75, 3.05) is 0 Å². The van der Waals surface area contributed by atoms with Crippen molar-refractivity contribution >= 4 is 45.3 Å². The number of hydrogen-bond acceptors (Lipinski definition) is 3. The Hall–Kier alpha value is -1.52. The minimum atomic E-state index is -0.706. The largest absolute Gasteiger partial charge is 0.448 e. The van der Waals surface area contributed by atoms with Gasteiger partial charge in [-0.1, -0.05) is 12.1 Å². The zero-order valence-corrected chi connectivity index (χ0v) is 11.9. The summed E-state index contributed by atoms with van der Waals surface area (Å²) in [4.78, 5) is 16.8. The van der Waals surface area contributed by atoms with Crippen LogP contribution < -0.4 is 5.56 Å². The first-order chi connectivity index (χ1) is 9.56. The predicted molar refractivity (Wildman–Crippen MR) is 78.3 cm³/mol. The SMILES string of the molecule is O=c1c2oc3ccccc3c2ncn1C[C@@H]1CC1(Cl)Cl. The number of benzene rings is 1. The Morgan fingerprint density at radius 3 is 2.90 bits per heavy atom. The summed E-state index contributed by atoms with van der Waals surface area (Å²) < 4.78 is 6.43. The first kappa shape index (κ1) is 12.2. The smallest absolute Gasteiger partial charge is 0.297 e. The molecule has 0 N–H and O–H groups in total. The second kappa shape index (κ2) is 3.99. The summed E-state index contributed by atoms with van der Waals surface area (Å²) in [6, 6.07) is 7.47. The Bertz CT molecular complexity index is 882. The highest BCUT2D eigenvalue weighted by Crippen LogP contribution is 2.53. The molecule has 1 fully saturated rings. The molecule has 2 aromatic heterocycles. The molecular weight excluding hydrogens is 299 g/mol. The molecule has 1 aliphatic carbocycles. The third kappa shape index (κ3) is 1.75. The highest BCUT2D eigenvalue weighted by molar-refractivity contribution is 6.50. The van der Waals surface area contributed by atoms with E-state index in [9.17, 15) is 4.79 Å². The standard InChI is InChI=1S/C14H10Cl2N2O2/c15-14(16)5-8(14)6-18-7-17-11-9-3-1-2-4-10(9)20-12(11)13(18)19/h1-4,7-8H,5-6H2/t8-/m0/s1. The van der Waals surface area contributed by atoms with Gasteiger partial charge in [0.2, 0.25) is 5.58 Å². The van der Waals surface area contributed by atoms with Gasteiger partial charge < -0.3 is 4.42 Å². The van der Waals surface area contributed by atoms with Gasteiger partial charge in [0.25, 0.3) is 5.56 Å². The van der Waals surface area contributed by atoms with E-state index < -0.39 is 4.33 Å². The molecule has 4 rings (SSSR count). The molecule has 1 atom stereocenters. The van der Waals surface area contributed by atoms with Gasteiger partial charge in [0.15, 0.2) is 0 Å². The first-order valence-corrected chi connectivity index (χ1v) is 7.06. The number of para-hydroxylation sites is 1. The predicted octanol–water partition coefficient (Wildman–Crippen LogP) is 3.34. The Labute approximate surface area is 123 Å². The minimum Gasteiger partial charge on any atom is -0.448 e. The van der Waals surface area contributed by atoms with Crippen molar-refractivity contribution in [1.29, 1.82) is 0 Å². The van der Waals surface area contributed by atoms with Crippen molar-refractivity contribution < 1.29 is 4.42 Å². The Morgan fingerprint density at radius 1 is 1.40 bits per heavy atom. The van der Waals surface area contributed by atoms with Gasteiger partial charge in [-0.3, -0.25) is 9.36 Å². The maximum Gasteiger partial charge on any atom is 0.297 e. The molecule has 0 radical (unpaired) electrons. The number of rotatable bonds is 2. The molecule has 0 saturated heterocycles. The summed E-state index contributed by atoms with van der Waals surface area (Å²) in [5.41, 5.74) is 1.35. The van der Waals surface area contributed by atoms with Crippen molar-refractivity contribution in [2.24, 2.45) is 5.92 Å². The van der Waals surface area contributed by atoms with E-state index in [1.54, 1.807) is 0 Å². The second-order valence-electron chi connectivity index (χ2n) is 5.14. The zero-order chi connectivity index (χ0) is 13.9. The molecular formula is C14H10Cl2N2O2. The van der Waals surface area contributed by atoms with Gasteiger partial charge in [0, 0.05) is 17.8 Å². The highest BCUT2D eigenvalue weighted by Gasteiger charge is 2.51. The number of hydrogen-bond donors (Lipinski definition) is 0. The number of furan rings is 1. The third-order valence-electron chi connectivity index (χ3n) is 3.72. The van der Waals surface area contributed by atoms with Crippen LogP contribution in [0.5, 0.6) is 0 Å². The van der Waals surface area contributed by atoms with Crippen molar-refractivity contribution in [3.63, 3.8) is 0 Å². The Morgan fingerprint density at radius 2 is 2.15 bits per heavy atom. The van der Waals surface area contributed by atoms with Crippen LogP contribution in [0.2, 0.25) is 0 Å². The normalized spacial score (nSPS) is 20.6. The van der Waals surface area contributed by atoms with Crippen molar-refractivity contribution in [2.45, 2.75) is 17.3 Å². The van der Waals surface area contributed by atoms with Crippen molar-refractivity contribution in [1.82, 2.24) is 9.55 Å². The van der Waals surface area contributed by atoms with E-state index in [1.807, 2.05) is 24.3 Å². The van der Waals surface area contributed by atoms with Crippen LogP contribution in [0.25, 0.3) is 22.1 Å². The van der Waals surface area contributed by atoms with E-state index in [4.69, 9.17) is 27.6 Å². The fourth-order valence-corrected chi connectivity index (χ4v) is 2.96. The van der Waals surface area contributed by atoms with E-state index in [0.717, 1.165) is 5.39 Å². The molecule has 20 heavy (non-hydrogen) atoms. The summed E-state index contributed by atoms with van der Waals surface area (Å²) in [5.74, 6) is 0.0900. The average molecular weight is 309 g/mol. The maximum atomic E-state index is 12.4. The number of nitrogens with zero attached hydrogens (tertiary/aromatic N) is 2. The monoisotopic (exact) mass is 308 g/mol. The van der Waals surface area contributed by atoms with Crippen LogP contribution >= 0.6 is 23.2 Å². The van der Waals surface area contributed by atoms with Crippen LogP contribution in [-0.4, -0.2) is 13.9 Å². The highest BCUT2D eigenvalue weighted by atomic mass is 35.5. The molecule has 102 valence electrons. The molecule has 6 heteroatoms. The van der Waals surface area contributed by atoms with E-state index in [1.165, 1.54) is 10.9 Å². The quantitative estimate of drug-likeness (QED) is 0.682. The number of fused-ring (bicyclic) bond motifs is 3. The van der Waals surface area contributed by atoms with Crippen LogP contribution in [-0.2, 0) is 6.54 Å². The van der Waals surface area contributed by atoms with Gasteiger partial charge in [0.1, 0.15) is 15.4 Å². The lowest BCUT2D eigenvalue weighted by atomic mass is 10.2. The van der Waals surface area contributed by atoms with Gasteiger partial charge in [0.05, 0.1) is 6.33 Å². The minimum absolute atomic E-state index is 0.0900. The summed E-state index contributed by atoms with van der Waals surface area (Å²) in [6.45, 7) is 0.464. The van der Waals surface area contributed by atoms with Crippen LogP contribution in [0, 0.1) is 5.92 Å². The van der Waals surface area contributed by atoms with Gasteiger partial charge in [-0.15, -0.1) is 23.2 Å². The maximum absolute atomic E-state index is 12.4. The van der Waals surface area contributed by atoms with Gasteiger partial charge in [-0.2, -0.15) is 0 Å².